The van der Waals surface area contributed by atoms with E-state index in [4.69, 9.17) is 9.73 Å². The van der Waals surface area contributed by atoms with E-state index in [0.717, 1.165) is 39.6 Å². The summed E-state index contributed by atoms with van der Waals surface area (Å²) in [5, 5.41) is 7.45. The lowest BCUT2D eigenvalue weighted by atomic mass is 9.81. The van der Waals surface area contributed by atoms with Crippen molar-refractivity contribution in [1.29, 1.82) is 0 Å². The van der Waals surface area contributed by atoms with E-state index < -0.39 is 0 Å². The highest BCUT2D eigenvalue weighted by molar-refractivity contribution is 6.23. The first-order chi connectivity index (χ1) is 22.8. The molecule has 2 aliphatic rings. The van der Waals surface area contributed by atoms with Crippen LogP contribution >= 0.6 is 0 Å². The summed E-state index contributed by atoms with van der Waals surface area (Å²) in [6, 6.07) is 56.8. The van der Waals surface area contributed by atoms with E-state index in [2.05, 4.69) is 146 Å². The molecule has 0 saturated heterocycles. The van der Waals surface area contributed by atoms with Crippen molar-refractivity contribution < 1.29 is 4.74 Å². The fraction of sp³-hybridized carbons (Fsp3) is 0.0227. The van der Waals surface area contributed by atoms with Crippen molar-refractivity contribution in [2.24, 2.45) is 4.99 Å². The molecule has 8 aromatic carbocycles. The third-order valence-corrected chi connectivity index (χ3v) is 9.72. The van der Waals surface area contributed by atoms with Gasteiger partial charge in [0.1, 0.15) is 11.5 Å². The van der Waals surface area contributed by atoms with Gasteiger partial charge in [-0.3, -0.25) is 4.99 Å². The minimum Gasteiger partial charge on any atom is -0.457 e. The molecule has 0 aliphatic carbocycles. The molecule has 2 nitrogen and oxygen atoms in total. The molecule has 0 unspecified atom stereocenters. The summed E-state index contributed by atoms with van der Waals surface area (Å²) in [6.45, 7) is 0. The van der Waals surface area contributed by atoms with Gasteiger partial charge in [0.2, 0.25) is 0 Å². The van der Waals surface area contributed by atoms with Crippen LogP contribution in [0.4, 0.5) is 5.69 Å². The number of nitrogens with zero attached hydrogens (tertiary/aromatic N) is 1. The summed E-state index contributed by atoms with van der Waals surface area (Å²) in [5.41, 5.74) is 10.5. The second-order valence-electron chi connectivity index (χ2n) is 12.2. The van der Waals surface area contributed by atoms with E-state index >= 15 is 0 Å². The molecule has 0 saturated carbocycles. The first-order valence-corrected chi connectivity index (χ1v) is 15.8. The maximum atomic E-state index is 6.37. The highest BCUT2D eigenvalue weighted by Gasteiger charge is 2.37. The molecule has 1 atom stereocenters. The van der Waals surface area contributed by atoms with E-state index in [1.165, 1.54) is 54.6 Å². The first kappa shape index (κ1) is 25.3. The van der Waals surface area contributed by atoms with Crippen molar-refractivity contribution in [3.63, 3.8) is 0 Å². The molecule has 0 amide bonds. The Morgan fingerprint density at radius 2 is 1.11 bits per heavy atom. The minimum absolute atomic E-state index is 0.0202. The number of benzene rings is 8. The lowest BCUT2D eigenvalue weighted by Gasteiger charge is -2.26. The van der Waals surface area contributed by atoms with Crippen LogP contribution in [0.2, 0.25) is 0 Å². The van der Waals surface area contributed by atoms with Crippen LogP contribution in [0, 0.1) is 0 Å². The molecule has 46 heavy (non-hydrogen) atoms. The predicted octanol–water partition coefficient (Wildman–Crippen LogP) is 11.9. The molecular weight excluding hydrogens is 558 g/mol. The number of aliphatic imine (C=N–C) groups is 1. The van der Waals surface area contributed by atoms with Crippen molar-refractivity contribution in [3.05, 3.63) is 174 Å². The Hall–Kier alpha value is -5.99. The van der Waals surface area contributed by atoms with Crippen molar-refractivity contribution in [1.82, 2.24) is 0 Å². The van der Waals surface area contributed by atoms with Crippen LogP contribution in [0.25, 0.3) is 54.6 Å². The van der Waals surface area contributed by atoms with Gasteiger partial charge in [-0.05, 0) is 90.5 Å². The highest BCUT2D eigenvalue weighted by Crippen LogP contribution is 2.53. The smallest absolute Gasteiger partial charge is 0.133 e. The predicted molar refractivity (Wildman–Crippen MR) is 191 cm³/mol. The normalized spacial score (nSPS) is 14.6. The van der Waals surface area contributed by atoms with Crippen molar-refractivity contribution in [2.45, 2.75) is 5.92 Å². The van der Waals surface area contributed by atoms with Gasteiger partial charge in [0.25, 0.3) is 0 Å². The summed E-state index contributed by atoms with van der Waals surface area (Å²) in [7, 11) is 0. The SMILES string of the molecule is c1ccc(-c2c3ccccc3c(-c3ccc4ccccc4c3)c3cc(C4=Nc5cccc6c5[C@H]4c4ccccc4O6)ccc23)cc1. The molecule has 0 aromatic heterocycles. The van der Waals surface area contributed by atoms with Crippen LogP contribution in [-0.2, 0) is 0 Å². The summed E-state index contributed by atoms with van der Waals surface area (Å²) in [6.07, 6.45) is 0. The Labute approximate surface area is 266 Å². The van der Waals surface area contributed by atoms with E-state index in [-0.39, 0.29) is 5.92 Å². The number of hydrogen-bond donors (Lipinski definition) is 0. The number of hydrogen-bond acceptors (Lipinski definition) is 2. The van der Waals surface area contributed by atoms with Crippen molar-refractivity contribution >= 4 is 43.7 Å². The lowest BCUT2D eigenvalue weighted by molar-refractivity contribution is 0.458. The zero-order chi connectivity index (χ0) is 30.2. The largest absolute Gasteiger partial charge is 0.457 e. The third kappa shape index (κ3) is 3.68. The van der Waals surface area contributed by atoms with E-state index in [1.807, 2.05) is 12.1 Å². The Morgan fingerprint density at radius 1 is 0.435 bits per heavy atom. The van der Waals surface area contributed by atoms with Crippen LogP contribution in [0.5, 0.6) is 11.5 Å². The van der Waals surface area contributed by atoms with Crippen LogP contribution in [-0.4, -0.2) is 5.71 Å². The average molecular weight is 586 g/mol. The second-order valence-corrected chi connectivity index (χ2v) is 12.2. The zero-order valence-electron chi connectivity index (χ0n) is 24.9. The zero-order valence-corrected chi connectivity index (χ0v) is 24.9. The quantitative estimate of drug-likeness (QED) is 0.189. The van der Waals surface area contributed by atoms with Gasteiger partial charge in [-0.2, -0.15) is 0 Å². The summed E-state index contributed by atoms with van der Waals surface area (Å²) >= 11 is 0. The van der Waals surface area contributed by atoms with Gasteiger partial charge in [-0.25, -0.2) is 0 Å². The topological polar surface area (TPSA) is 21.6 Å². The van der Waals surface area contributed by atoms with E-state index in [0.29, 0.717) is 0 Å². The maximum absolute atomic E-state index is 6.37. The van der Waals surface area contributed by atoms with Gasteiger partial charge in [0.15, 0.2) is 0 Å². The fourth-order valence-electron chi connectivity index (χ4n) is 7.71. The van der Waals surface area contributed by atoms with Gasteiger partial charge in [0.05, 0.1) is 17.3 Å². The molecule has 0 bridgehead atoms. The standard InChI is InChI=1S/C44H27NO/c1-2-12-28(13-3-1)40-32-15-6-7-16-33(32)41(30-22-21-27-11-4-5-14-29(27)25-30)36-26-31(23-24-34(36)40)44-42-35-17-8-9-19-38(35)46-39-20-10-18-37(45-44)43(39)42/h1-26,42H/t42-/m1/s1. The molecular formula is C44H27NO. The van der Waals surface area contributed by atoms with Crippen LogP contribution in [0.3, 0.4) is 0 Å². The molecule has 8 aromatic rings. The van der Waals surface area contributed by atoms with E-state index in [1.54, 1.807) is 0 Å². The number of fused-ring (bicyclic) bond motifs is 5. The van der Waals surface area contributed by atoms with E-state index in [9.17, 15) is 0 Å². The number of ether oxygens (including phenoxy) is 1. The third-order valence-electron chi connectivity index (χ3n) is 9.72. The molecule has 0 radical (unpaired) electrons. The average Bonchev–Trinajstić information content (AvgIpc) is 3.52. The number of para-hydroxylation sites is 1. The Kier molecular flexibility index (Phi) is 5.38. The maximum Gasteiger partial charge on any atom is 0.133 e. The minimum atomic E-state index is 0.0202. The molecule has 214 valence electrons. The fourth-order valence-corrected chi connectivity index (χ4v) is 7.71. The number of rotatable bonds is 3. The van der Waals surface area contributed by atoms with Gasteiger partial charge in [-0.15, -0.1) is 0 Å². The summed E-state index contributed by atoms with van der Waals surface area (Å²) in [4.78, 5) is 5.30. The van der Waals surface area contributed by atoms with Crippen LogP contribution < -0.4 is 4.74 Å². The molecule has 0 fully saturated rings. The van der Waals surface area contributed by atoms with Gasteiger partial charge < -0.3 is 4.74 Å². The first-order valence-electron chi connectivity index (χ1n) is 15.8. The molecule has 2 heteroatoms. The van der Waals surface area contributed by atoms with Crippen molar-refractivity contribution in [3.8, 4) is 33.8 Å². The summed E-state index contributed by atoms with van der Waals surface area (Å²) < 4.78 is 6.37. The molecule has 2 aliphatic heterocycles. The monoisotopic (exact) mass is 585 g/mol. The second kappa shape index (κ2) is 9.76. The van der Waals surface area contributed by atoms with Crippen molar-refractivity contribution in [2.75, 3.05) is 0 Å². The Morgan fingerprint density at radius 3 is 1.98 bits per heavy atom. The van der Waals surface area contributed by atoms with Crippen LogP contribution in [0.1, 0.15) is 22.6 Å². The molecule has 0 N–H and O–H groups in total. The highest BCUT2D eigenvalue weighted by atomic mass is 16.5. The Bertz CT molecular complexity index is 2560. The molecule has 10 rings (SSSR count). The lowest BCUT2D eigenvalue weighted by Crippen LogP contribution is -2.16. The molecule has 2 heterocycles. The van der Waals surface area contributed by atoms with Gasteiger partial charge >= 0.3 is 0 Å². The summed E-state index contributed by atoms with van der Waals surface area (Å²) in [5.74, 6) is 1.82. The Balaban J connectivity index is 1.29. The molecule has 0 spiro atoms. The van der Waals surface area contributed by atoms with Gasteiger partial charge in [-0.1, -0.05) is 127 Å². The van der Waals surface area contributed by atoms with Gasteiger partial charge in [0, 0.05) is 11.1 Å². The van der Waals surface area contributed by atoms with Crippen LogP contribution in [0.15, 0.2) is 163 Å².